The van der Waals surface area contributed by atoms with E-state index < -0.39 is 10.0 Å². The Morgan fingerprint density at radius 1 is 1.35 bits per heavy atom. The number of hydrogen-bond acceptors (Lipinski definition) is 5. The number of morpholine rings is 1. The minimum absolute atomic E-state index is 0.0949. The number of anilines is 1. The van der Waals surface area contributed by atoms with Crippen LogP contribution in [-0.2, 0) is 14.8 Å². The summed E-state index contributed by atoms with van der Waals surface area (Å²) >= 11 is 0. The van der Waals surface area contributed by atoms with Crippen LogP contribution in [0.2, 0.25) is 0 Å². The standard InChI is InChI=1S/C13H21N3O3S/c1-4-14-13-6-5-12(7-15-13)20(17,18)16-8-10(2)19-11(3)9-16/h5-7,10-11H,4,8-9H2,1-3H3,(H,14,15)/t10-,11+. The summed E-state index contributed by atoms with van der Waals surface area (Å²) in [5.74, 6) is 0.676. The zero-order chi connectivity index (χ0) is 14.8. The first-order valence-corrected chi connectivity index (χ1v) is 8.23. The third-order valence-electron chi connectivity index (χ3n) is 3.12. The molecule has 1 fully saturated rings. The van der Waals surface area contributed by atoms with Gasteiger partial charge in [-0.1, -0.05) is 0 Å². The van der Waals surface area contributed by atoms with Gasteiger partial charge in [0.15, 0.2) is 0 Å². The molecule has 0 aliphatic carbocycles. The van der Waals surface area contributed by atoms with Crippen LogP contribution in [-0.4, -0.2) is 49.5 Å². The third-order valence-corrected chi connectivity index (χ3v) is 4.93. The third kappa shape index (κ3) is 3.28. The molecular weight excluding hydrogens is 278 g/mol. The van der Waals surface area contributed by atoms with Gasteiger partial charge in [0.05, 0.1) is 12.2 Å². The summed E-state index contributed by atoms with van der Waals surface area (Å²) in [5.41, 5.74) is 0. The minimum atomic E-state index is -3.50. The maximum Gasteiger partial charge on any atom is 0.244 e. The van der Waals surface area contributed by atoms with E-state index in [2.05, 4.69) is 10.3 Å². The lowest BCUT2D eigenvalue weighted by Crippen LogP contribution is -2.48. The number of sulfonamides is 1. The highest BCUT2D eigenvalue weighted by Crippen LogP contribution is 2.21. The first-order valence-electron chi connectivity index (χ1n) is 6.79. The van der Waals surface area contributed by atoms with Crippen molar-refractivity contribution in [3.8, 4) is 0 Å². The molecule has 7 heteroatoms. The number of aromatic nitrogens is 1. The van der Waals surface area contributed by atoms with E-state index in [1.165, 1.54) is 10.5 Å². The quantitative estimate of drug-likeness (QED) is 0.907. The highest BCUT2D eigenvalue weighted by molar-refractivity contribution is 7.89. The predicted molar refractivity (Wildman–Crippen MR) is 77.2 cm³/mol. The summed E-state index contributed by atoms with van der Waals surface area (Å²) in [4.78, 5) is 4.34. The average molecular weight is 299 g/mol. The van der Waals surface area contributed by atoms with Gasteiger partial charge in [-0.2, -0.15) is 4.31 Å². The molecule has 1 N–H and O–H groups in total. The Morgan fingerprint density at radius 2 is 2.00 bits per heavy atom. The van der Waals surface area contributed by atoms with E-state index in [1.807, 2.05) is 20.8 Å². The zero-order valence-electron chi connectivity index (χ0n) is 12.0. The van der Waals surface area contributed by atoms with Gasteiger partial charge >= 0.3 is 0 Å². The maximum absolute atomic E-state index is 12.6. The van der Waals surface area contributed by atoms with E-state index in [9.17, 15) is 8.42 Å². The van der Waals surface area contributed by atoms with Crippen LogP contribution in [0, 0.1) is 0 Å². The number of pyridine rings is 1. The van der Waals surface area contributed by atoms with Gasteiger partial charge in [-0.05, 0) is 32.9 Å². The van der Waals surface area contributed by atoms with E-state index in [0.29, 0.717) is 18.9 Å². The van der Waals surface area contributed by atoms with Gasteiger partial charge in [0, 0.05) is 25.8 Å². The van der Waals surface area contributed by atoms with Crippen molar-refractivity contribution in [3.63, 3.8) is 0 Å². The predicted octanol–water partition coefficient (Wildman–Crippen LogP) is 1.31. The van der Waals surface area contributed by atoms with Crippen molar-refractivity contribution in [1.29, 1.82) is 0 Å². The second-order valence-electron chi connectivity index (χ2n) is 4.99. The van der Waals surface area contributed by atoms with E-state index in [1.54, 1.807) is 12.1 Å². The molecule has 2 heterocycles. The molecule has 1 aliphatic rings. The molecule has 0 spiro atoms. The number of ether oxygens (including phenoxy) is 1. The second-order valence-corrected chi connectivity index (χ2v) is 6.93. The number of rotatable bonds is 4. The van der Waals surface area contributed by atoms with Crippen molar-refractivity contribution in [2.75, 3.05) is 25.0 Å². The second kappa shape index (κ2) is 6.07. The molecule has 0 aromatic carbocycles. The van der Waals surface area contributed by atoms with Gasteiger partial charge in [-0.15, -0.1) is 0 Å². The van der Waals surface area contributed by atoms with Crippen LogP contribution in [0.3, 0.4) is 0 Å². The van der Waals surface area contributed by atoms with Crippen molar-refractivity contribution in [2.45, 2.75) is 37.9 Å². The maximum atomic E-state index is 12.6. The molecule has 0 radical (unpaired) electrons. The van der Waals surface area contributed by atoms with Gasteiger partial charge in [-0.3, -0.25) is 0 Å². The van der Waals surface area contributed by atoms with Crippen molar-refractivity contribution in [2.24, 2.45) is 0 Å². The van der Waals surface area contributed by atoms with E-state index >= 15 is 0 Å². The smallest absolute Gasteiger partial charge is 0.244 e. The number of nitrogens with zero attached hydrogens (tertiary/aromatic N) is 2. The van der Waals surface area contributed by atoms with Gasteiger partial charge in [0.25, 0.3) is 0 Å². The molecule has 1 saturated heterocycles. The van der Waals surface area contributed by atoms with Crippen LogP contribution in [0.15, 0.2) is 23.2 Å². The summed E-state index contributed by atoms with van der Waals surface area (Å²) in [6.07, 6.45) is 1.21. The molecule has 1 aromatic heterocycles. The molecule has 20 heavy (non-hydrogen) atoms. The fraction of sp³-hybridized carbons (Fsp3) is 0.615. The van der Waals surface area contributed by atoms with E-state index in [0.717, 1.165) is 6.54 Å². The number of nitrogens with one attached hydrogen (secondary N) is 1. The molecule has 6 nitrogen and oxygen atoms in total. The fourth-order valence-corrected chi connectivity index (χ4v) is 3.83. The Balaban J connectivity index is 2.21. The van der Waals surface area contributed by atoms with Crippen LogP contribution in [0.1, 0.15) is 20.8 Å². The Hall–Kier alpha value is -1.18. The van der Waals surface area contributed by atoms with Crippen molar-refractivity contribution in [1.82, 2.24) is 9.29 Å². The Bertz CT molecular complexity index is 534. The summed E-state index contributed by atoms with van der Waals surface area (Å²) in [7, 11) is -3.50. The van der Waals surface area contributed by atoms with Crippen LogP contribution in [0.25, 0.3) is 0 Å². The normalized spacial score (nSPS) is 24.6. The summed E-state index contributed by atoms with van der Waals surface area (Å²) in [5, 5.41) is 3.04. The molecule has 0 amide bonds. The lowest BCUT2D eigenvalue weighted by molar-refractivity contribution is -0.0440. The molecule has 112 valence electrons. The van der Waals surface area contributed by atoms with Gasteiger partial charge in [0.2, 0.25) is 10.0 Å². The molecule has 2 rings (SSSR count). The van der Waals surface area contributed by atoms with Gasteiger partial charge < -0.3 is 10.1 Å². The van der Waals surface area contributed by atoms with Crippen LogP contribution in [0.5, 0.6) is 0 Å². The molecule has 0 unspecified atom stereocenters. The summed E-state index contributed by atoms with van der Waals surface area (Å²) in [6.45, 7) is 7.22. The zero-order valence-corrected chi connectivity index (χ0v) is 12.9. The molecule has 2 atom stereocenters. The Morgan fingerprint density at radius 3 is 2.50 bits per heavy atom. The van der Waals surface area contributed by atoms with Crippen molar-refractivity contribution >= 4 is 15.8 Å². The largest absolute Gasteiger partial charge is 0.373 e. The van der Waals surface area contributed by atoms with Crippen molar-refractivity contribution in [3.05, 3.63) is 18.3 Å². The van der Waals surface area contributed by atoms with Crippen LogP contribution in [0.4, 0.5) is 5.82 Å². The molecule has 0 saturated carbocycles. The van der Waals surface area contributed by atoms with E-state index in [-0.39, 0.29) is 17.1 Å². The number of hydrogen-bond donors (Lipinski definition) is 1. The molecule has 1 aliphatic heterocycles. The summed E-state index contributed by atoms with van der Waals surface area (Å²) < 4.78 is 32.1. The first-order chi connectivity index (χ1) is 9.43. The van der Waals surface area contributed by atoms with Crippen LogP contribution >= 0.6 is 0 Å². The molecule has 1 aromatic rings. The van der Waals surface area contributed by atoms with Gasteiger partial charge in [0.1, 0.15) is 10.7 Å². The molecular formula is C13H21N3O3S. The van der Waals surface area contributed by atoms with E-state index in [4.69, 9.17) is 4.74 Å². The first kappa shape index (κ1) is 15.2. The van der Waals surface area contributed by atoms with Crippen LogP contribution < -0.4 is 5.32 Å². The topological polar surface area (TPSA) is 71.5 Å². The lowest BCUT2D eigenvalue weighted by atomic mass is 10.3. The highest BCUT2D eigenvalue weighted by Gasteiger charge is 2.32. The monoisotopic (exact) mass is 299 g/mol. The average Bonchev–Trinajstić information content (AvgIpc) is 2.38. The Labute approximate surface area is 120 Å². The lowest BCUT2D eigenvalue weighted by Gasteiger charge is -2.34. The fourth-order valence-electron chi connectivity index (χ4n) is 2.29. The van der Waals surface area contributed by atoms with Gasteiger partial charge in [-0.25, -0.2) is 13.4 Å². The minimum Gasteiger partial charge on any atom is -0.373 e. The highest BCUT2D eigenvalue weighted by atomic mass is 32.2. The summed E-state index contributed by atoms with van der Waals surface area (Å²) in [6, 6.07) is 3.27. The van der Waals surface area contributed by atoms with Crippen molar-refractivity contribution < 1.29 is 13.2 Å². The Kier molecular flexibility index (Phi) is 4.62. The molecule has 0 bridgehead atoms. The SMILES string of the molecule is CCNc1ccc(S(=O)(=O)N2C[C@@H](C)O[C@@H](C)C2)cn1.